The standard InChI is InChI=1S/C11H11N5O/c1-2-9-13-5-6-16(9)8-4-3-7(12)10-11(8)15-17-14-10/h3-6H,2,12H2,1H3. The van der Waals surface area contributed by atoms with Gasteiger partial charge in [-0.25, -0.2) is 9.61 Å². The summed E-state index contributed by atoms with van der Waals surface area (Å²) in [4.78, 5) is 4.28. The van der Waals surface area contributed by atoms with Crippen LogP contribution in [-0.4, -0.2) is 19.9 Å². The maximum Gasteiger partial charge on any atom is 0.161 e. The molecule has 0 saturated heterocycles. The van der Waals surface area contributed by atoms with E-state index in [4.69, 9.17) is 10.4 Å². The Morgan fingerprint density at radius 1 is 1.29 bits per heavy atom. The van der Waals surface area contributed by atoms with Crippen molar-refractivity contribution in [3.8, 4) is 5.69 Å². The zero-order chi connectivity index (χ0) is 11.8. The highest BCUT2D eigenvalue weighted by molar-refractivity contribution is 5.91. The van der Waals surface area contributed by atoms with Crippen molar-refractivity contribution in [2.75, 3.05) is 5.73 Å². The Hall–Kier alpha value is -2.37. The topological polar surface area (TPSA) is 82.8 Å². The van der Waals surface area contributed by atoms with E-state index in [0.29, 0.717) is 16.7 Å². The van der Waals surface area contributed by atoms with Gasteiger partial charge in [0.25, 0.3) is 0 Å². The fourth-order valence-corrected chi connectivity index (χ4v) is 1.88. The van der Waals surface area contributed by atoms with Crippen LogP contribution in [0.25, 0.3) is 16.7 Å². The lowest BCUT2D eigenvalue weighted by atomic mass is 10.2. The molecule has 3 aromatic rings. The lowest BCUT2D eigenvalue weighted by Crippen LogP contribution is -2.00. The number of nitrogen functional groups attached to an aromatic ring is 1. The molecule has 0 aliphatic carbocycles. The average Bonchev–Trinajstić information content (AvgIpc) is 2.97. The lowest BCUT2D eigenvalue weighted by molar-refractivity contribution is 0.315. The maximum atomic E-state index is 5.81. The van der Waals surface area contributed by atoms with Gasteiger partial charge in [0.2, 0.25) is 0 Å². The number of fused-ring (bicyclic) bond motifs is 1. The molecule has 1 aromatic carbocycles. The second-order valence-corrected chi connectivity index (χ2v) is 3.70. The van der Waals surface area contributed by atoms with E-state index in [1.54, 1.807) is 12.3 Å². The van der Waals surface area contributed by atoms with Gasteiger partial charge in [-0.1, -0.05) is 6.92 Å². The first-order chi connectivity index (χ1) is 8.31. The minimum Gasteiger partial charge on any atom is -0.397 e. The molecule has 0 fully saturated rings. The van der Waals surface area contributed by atoms with E-state index in [2.05, 4.69) is 15.3 Å². The van der Waals surface area contributed by atoms with Crippen LogP contribution in [-0.2, 0) is 6.42 Å². The van der Waals surface area contributed by atoms with E-state index in [0.717, 1.165) is 17.9 Å². The monoisotopic (exact) mass is 229 g/mol. The number of benzene rings is 1. The average molecular weight is 229 g/mol. The van der Waals surface area contributed by atoms with Crippen LogP contribution < -0.4 is 5.73 Å². The van der Waals surface area contributed by atoms with E-state index < -0.39 is 0 Å². The third kappa shape index (κ3) is 1.37. The smallest absolute Gasteiger partial charge is 0.161 e. The number of aromatic nitrogens is 4. The van der Waals surface area contributed by atoms with E-state index in [1.165, 1.54) is 0 Å². The molecule has 86 valence electrons. The second kappa shape index (κ2) is 3.58. The maximum absolute atomic E-state index is 5.81. The van der Waals surface area contributed by atoms with E-state index in [-0.39, 0.29) is 0 Å². The van der Waals surface area contributed by atoms with E-state index in [1.807, 2.05) is 23.8 Å². The van der Waals surface area contributed by atoms with Gasteiger partial charge in [0.15, 0.2) is 11.0 Å². The highest BCUT2D eigenvalue weighted by atomic mass is 16.6. The molecule has 2 aromatic heterocycles. The first kappa shape index (κ1) is 9.83. The van der Waals surface area contributed by atoms with Gasteiger partial charge in [0.05, 0.1) is 11.4 Å². The Balaban J connectivity index is 2.31. The van der Waals surface area contributed by atoms with E-state index in [9.17, 15) is 0 Å². The number of hydrogen-bond acceptors (Lipinski definition) is 5. The minimum atomic E-state index is 0.558. The number of anilines is 1. The molecule has 0 unspecified atom stereocenters. The molecular formula is C11H11N5O. The molecule has 0 atom stereocenters. The van der Waals surface area contributed by atoms with Crippen molar-refractivity contribution >= 4 is 16.7 Å². The SMILES string of the molecule is CCc1nccn1-c1ccc(N)c2nonc12. The van der Waals surface area contributed by atoms with Gasteiger partial charge in [-0.05, 0) is 22.4 Å². The molecule has 2 N–H and O–H groups in total. The van der Waals surface area contributed by atoms with Crippen LogP contribution in [0.5, 0.6) is 0 Å². The number of hydrogen-bond donors (Lipinski definition) is 1. The number of nitrogens with zero attached hydrogens (tertiary/aromatic N) is 4. The summed E-state index contributed by atoms with van der Waals surface area (Å²) < 4.78 is 6.71. The Labute approximate surface area is 97.0 Å². The summed E-state index contributed by atoms with van der Waals surface area (Å²) >= 11 is 0. The number of nitrogens with two attached hydrogens (primary N) is 1. The third-order valence-corrected chi connectivity index (χ3v) is 2.72. The molecule has 0 aliphatic rings. The Morgan fingerprint density at radius 3 is 2.94 bits per heavy atom. The summed E-state index contributed by atoms with van der Waals surface area (Å²) in [5.74, 6) is 0.957. The molecule has 0 spiro atoms. The van der Waals surface area contributed by atoms with Crippen molar-refractivity contribution in [2.24, 2.45) is 0 Å². The van der Waals surface area contributed by atoms with Crippen molar-refractivity contribution in [3.63, 3.8) is 0 Å². The number of rotatable bonds is 2. The first-order valence-electron chi connectivity index (χ1n) is 5.34. The molecule has 6 heteroatoms. The highest BCUT2D eigenvalue weighted by Gasteiger charge is 2.13. The van der Waals surface area contributed by atoms with Crippen LogP contribution in [0.2, 0.25) is 0 Å². The van der Waals surface area contributed by atoms with E-state index >= 15 is 0 Å². The molecule has 2 heterocycles. The van der Waals surface area contributed by atoms with Crippen molar-refractivity contribution < 1.29 is 4.63 Å². The fourth-order valence-electron chi connectivity index (χ4n) is 1.88. The highest BCUT2D eigenvalue weighted by Crippen LogP contribution is 2.24. The molecular weight excluding hydrogens is 218 g/mol. The van der Waals surface area contributed by atoms with Gasteiger partial charge in [-0.2, -0.15) is 0 Å². The molecule has 17 heavy (non-hydrogen) atoms. The van der Waals surface area contributed by atoms with Crippen molar-refractivity contribution in [1.82, 2.24) is 19.9 Å². The molecule has 3 rings (SSSR count). The first-order valence-corrected chi connectivity index (χ1v) is 5.34. The Bertz CT molecular complexity index is 669. The van der Waals surface area contributed by atoms with Gasteiger partial charge in [0, 0.05) is 18.8 Å². The minimum absolute atomic E-state index is 0.558. The summed E-state index contributed by atoms with van der Waals surface area (Å²) in [6.45, 7) is 2.05. The predicted octanol–water partition coefficient (Wildman–Crippen LogP) is 1.55. The summed E-state index contributed by atoms with van der Waals surface area (Å²) in [5, 5.41) is 7.70. The van der Waals surface area contributed by atoms with Gasteiger partial charge in [-0.15, -0.1) is 0 Å². The molecule has 0 aliphatic heterocycles. The molecule has 0 saturated carbocycles. The van der Waals surface area contributed by atoms with Crippen molar-refractivity contribution in [1.29, 1.82) is 0 Å². The normalized spacial score (nSPS) is 11.1. The van der Waals surface area contributed by atoms with Crippen LogP contribution >= 0.6 is 0 Å². The zero-order valence-electron chi connectivity index (χ0n) is 9.29. The molecule has 0 bridgehead atoms. The second-order valence-electron chi connectivity index (χ2n) is 3.70. The largest absolute Gasteiger partial charge is 0.397 e. The Morgan fingerprint density at radius 2 is 2.12 bits per heavy atom. The van der Waals surface area contributed by atoms with Crippen LogP contribution in [0.3, 0.4) is 0 Å². The van der Waals surface area contributed by atoms with Gasteiger partial charge >= 0.3 is 0 Å². The summed E-state index contributed by atoms with van der Waals surface area (Å²) in [5.41, 5.74) is 8.48. The lowest BCUT2D eigenvalue weighted by Gasteiger charge is -2.06. The van der Waals surface area contributed by atoms with Crippen LogP contribution in [0.4, 0.5) is 5.69 Å². The number of aryl methyl sites for hydroxylation is 1. The molecule has 0 radical (unpaired) electrons. The summed E-state index contributed by atoms with van der Waals surface area (Å²) in [7, 11) is 0. The zero-order valence-corrected chi connectivity index (χ0v) is 9.29. The molecule has 0 amide bonds. The predicted molar refractivity (Wildman–Crippen MR) is 62.7 cm³/mol. The van der Waals surface area contributed by atoms with Gasteiger partial charge < -0.3 is 10.3 Å². The summed E-state index contributed by atoms with van der Waals surface area (Å²) in [6.07, 6.45) is 4.48. The quantitative estimate of drug-likeness (QED) is 0.674. The van der Waals surface area contributed by atoms with Crippen molar-refractivity contribution in [3.05, 3.63) is 30.4 Å². The number of imidazole rings is 1. The van der Waals surface area contributed by atoms with Crippen LogP contribution in [0.1, 0.15) is 12.7 Å². The van der Waals surface area contributed by atoms with Crippen LogP contribution in [0.15, 0.2) is 29.2 Å². The Kier molecular flexibility index (Phi) is 2.07. The fraction of sp³-hybridized carbons (Fsp3) is 0.182. The third-order valence-electron chi connectivity index (χ3n) is 2.72. The van der Waals surface area contributed by atoms with Crippen LogP contribution in [0, 0.1) is 0 Å². The molecule has 6 nitrogen and oxygen atoms in total. The van der Waals surface area contributed by atoms with Gasteiger partial charge in [-0.3, -0.25) is 0 Å². The summed E-state index contributed by atoms with van der Waals surface area (Å²) in [6, 6.07) is 3.68. The van der Waals surface area contributed by atoms with Gasteiger partial charge in [0.1, 0.15) is 5.82 Å². The van der Waals surface area contributed by atoms with Crippen molar-refractivity contribution in [2.45, 2.75) is 13.3 Å².